The minimum absolute atomic E-state index is 0.243. The van der Waals surface area contributed by atoms with Crippen LogP contribution in [-0.4, -0.2) is 51.5 Å². The van der Waals surface area contributed by atoms with Crippen LogP contribution in [0.1, 0.15) is 5.56 Å². The molecule has 7 heteroatoms. The van der Waals surface area contributed by atoms with Crippen LogP contribution in [0.2, 0.25) is 0 Å². The lowest BCUT2D eigenvalue weighted by Crippen LogP contribution is -2.44. The van der Waals surface area contributed by atoms with Crippen LogP contribution < -0.4 is 9.62 Å². The molecule has 0 radical (unpaired) electrons. The third-order valence-electron chi connectivity index (χ3n) is 4.16. The number of aromatic nitrogens is 1. The van der Waals surface area contributed by atoms with Crippen LogP contribution in [0.4, 0.5) is 11.5 Å². The van der Waals surface area contributed by atoms with E-state index in [0.717, 1.165) is 37.4 Å². The number of anilines is 2. The summed E-state index contributed by atoms with van der Waals surface area (Å²) in [4.78, 5) is 9.05. The first-order chi connectivity index (χ1) is 11.4. The first kappa shape index (κ1) is 16.7. The maximum Gasteiger partial charge on any atom is 0.263 e. The van der Waals surface area contributed by atoms with Gasteiger partial charge in [0.1, 0.15) is 5.82 Å². The van der Waals surface area contributed by atoms with Crippen molar-refractivity contribution < 1.29 is 8.42 Å². The molecule has 1 aromatic heterocycles. The molecule has 0 aliphatic carbocycles. The van der Waals surface area contributed by atoms with E-state index in [1.54, 1.807) is 30.5 Å². The van der Waals surface area contributed by atoms with Gasteiger partial charge in [-0.25, -0.2) is 13.4 Å². The molecule has 1 fully saturated rings. The fraction of sp³-hybridized carbons (Fsp3) is 0.353. The Bertz CT molecular complexity index is 798. The van der Waals surface area contributed by atoms with Gasteiger partial charge in [-0.1, -0.05) is 12.1 Å². The fourth-order valence-electron chi connectivity index (χ4n) is 2.68. The van der Waals surface area contributed by atoms with Crippen molar-refractivity contribution in [1.82, 2.24) is 9.88 Å². The molecule has 6 nitrogen and oxygen atoms in total. The monoisotopic (exact) mass is 346 g/mol. The van der Waals surface area contributed by atoms with Crippen molar-refractivity contribution in [2.75, 3.05) is 42.8 Å². The summed E-state index contributed by atoms with van der Waals surface area (Å²) in [5.41, 5.74) is 1.91. The molecule has 1 aromatic carbocycles. The third kappa shape index (κ3) is 3.85. The van der Waals surface area contributed by atoms with Crippen LogP contribution >= 0.6 is 0 Å². The second kappa shape index (κ2) is 6.78. The van der Waals surface area contributed by atoms with Gasteiger partial charge in [-0.3, -0.25) is 4.72 Å². The maximum absolute atomic E-state index is 12.4. The molecule has 0 unspecified atom stereocenters. The van der Waals surface area contributed by atoms with E-state index in [1.165, 1.54) is 0 Å². The molecular formula is C17H22N4O2S. The number of sulfonamides is 1. The first-order valence-corrected chi connectivity index (χ1v) is 9.41. The largest absolute Gasteiger partial charge is 0.368 e. The van der Waals surface area contributed by atoms with Gasteiger partial charge in [-0.2, -0.15) is 0 Å². The highest BCUT2D eigenvalue weighted by Crippen LogP contribution is 2.19. The minimum Gasteiger partial charge on any atom is -0.368 e. The molecule has 24 heavy (non-hydrogen) atoms. The Morgan fingerprint density at radius 3 is 2.46 bits per heavy atom. The van der Waals surface area contributed by atoms with Crippen LogP contribution in [0, 0.1) is 6.92 Å². The van der Waals surface area contributed by atoms with Gasteiger partial charge < -0.3 is 9.80 Å². The number of piperazine rings is 1. The van der Waals surface area contributed by atoms with Crippen molar-refractivity contribution in [2.24, 2.45) is 0 Å². The van der Waals surface area contributed by atoms with Crippen molar-refractivity contribution in [3.8, 4) is 0 Å². The topological polar surface area (TPSA) is 65.5 Å². The zero-order valence-corrected chi connectivity index (χ0v) is 14.8. The van der Waals surface area contributed by atoms with Crippen LogP contribution in [0.5, 0.6) is 0 Å². The zero-order chi connectivity index (χ0) is 17.2. The molecular weight excluding hydrogens is 324 g/mol. The first-order valence-electron chi connectivity index (χ1n) is 7.93. The Labute approximate surface area is 143 Å². The van der Waals surface area contributed by atoms with E-state index in [0.29, 0.717) is 5.82 Å². The average molecular weight is 346 g/mol. The van der Waals surface area contributed by atoms with Gasteiger partial charge in [0.05, 0.1) is 16.8 Å². The third-order valence-corrected chi connectivity index (χ3v) is 5.51. The van der Waals surface area contributed by atoms with Gasteiger partial charge in [0, 0.05) is 26.2 Å². The molecule has 0 bridgehead atoms. The van der Waals surface area contributed by atoms with Gasteiger partial charge in [0.2, 0.25) is 0 Å². The number of hydrogen-bond donors (Lipinski definition) is 1. The minimum atomic E-state index is -3.61. The number of benzene rings is 1. The quantitative estimate of drug-likeness (QED) is 0.916. The van der Waals surface area contributed by atoms with E-state index in [-0.39, 0.29) is 4.90 Å². The lowest BCUT2D eigenvalue weighted by Gasteiger charge is -2.33. The molecule has 128 valence electrons. The van der Waals surface area contributed by atoms with E-state index in [1.807, 2.05) is 19.1 Å². The SMILES string of the molecule is Cc1cccc(S(=O)(=O)Nc2ccc(N3CCN(C)CC3)cn2)c1. The van der Waals surface area contributed by atoms with Gasteiger partial charge in [0.25, 0.3) is 10.0 Å². The highest BCUT2D eigenvalue weighted by molar-refractivity contribution is 7.92. The lowest BCUT2D eigenvalue weighted by atomic mass is 10.2. The van der Waals surface area contributed by atoms with Crippen molar-refractivity contribution >= 4 is 21.5 Å². The van der Waals surface area contributed by atoms with E-state index >= 15 is 0 Å². The standard InChI is InChI=1S/C17H22N4O2S/c1-14-4-3-5-16(12-14)24(22,23)19-17-7-6-15(13-18-17)21-10-8-20(2)9-11-21/h3-7,12-13H,8-11H2,1-2H3,(H,18,19). The zero-order valence-electron chi connectivity index (χ0n) is 13.9. The summed E-state index contributed by atoms with van der Waals surface area (Å²) in [6, 6.07) is 10.4. The Morgan fingerprint density at radius 2 is 1.83 bits per heavy atom. The second-order valence-electron chi connectivity index (χ2n) is 6.11. The van der Waals surface area contributed by atoms with Crippen LogP contribution in [0.15, 0.2) is 47.5 Å². The molecule has 0 amide bonds. The van der Waals surface area contributed by atoms with Gasteiger partial charge in [0.15, 0.2) is 0 Å². The number of pyridine rings is 1. The fourth-order valence-corrected chi connectivity index (χ4v) is 3.79. The Morgan fingerprint density at radius 1 is 1.08 bits per heavy atom. The molecule has 0 atom stereocenters. The molecule has 2 heterocycles. The molecule has 0 spiro atoms. The summed E-state index contributed by atoms with van der Waals surface area (Å²) < 4.78 is 27.4. The molecule has 1 N–H and O–H groups in total. The van der Waals surface area contributed by atoms with Crippen LogP contribution in [0.3, 0.4) is 0 Å². The second-order valence-corrected chi connectivity index (χ2v) is 7.80. The van der Waals surface area contributed by atoms with Crippen LogP contribution in [0.25, 0.3) is 0 Å². The van der Waals surface area contributed by atoms with Crippen molar-refractivity contribution in [2.45, 2.75) is 11.8 Å². The van der Waals surface area contributed by atoms with Crippen molar-refractivity contribution in [3.63, 3.8) is 0 Å². The summed E-state index contributed by atoms with van der Waals surface area (Å²) >= 11 is 0. The highest BCUT2D eigenvalue weighted by Gasteiger charge is 2.17. The predicted octanol–water partition coefficient (Wildman–Crippen LogP) is 1.94. The average Bonchev–Trinajstić information content (AvgIpc) is 2.56. The summed E-state index contributed by atoms with van der Waals surface area (Å²) in [5.74, 6) is 0.328. The Kier molecular flexibility index (Phi) is 4.73. The van der Waals surface area contributed by atoms with Crippen LogP contribution in [-0.2, 0) is 10.0 Å². The number of hydrogen-bond acceptors (Lipinski definition) is 5. The van der Waals surface area contributed by atoms with Gasteiger partial charge in [-0.05, 0) is 43.8 Å². The van der Waals surface area contributed by atoms with Gasteiger partial charge in [-0.15, -0.1) is 0 Å². The van der Waals surface area contributed by atoms with E-state index in [4.69, 9.17) is 0 Å². The van der Waals surface area contributed by atoms with E-state index < -0.39 is 10.0 Å². The van der Waals surface area contributed by atoms with Crippen molar-refractivity contribution in [3.05, 3.63) is 48.2 Å². The van der Waals surface area contributed by atoms with E-state index in [9.17, 15) is 8.42 Å². The maximum atomic E-state index is 12.4. The normalized spacial score (nSPS) is 16.2. The Balaban J connectivity index is 1.72. The molecule has 1 aliphatic heterocycles. The number of aryl methyl sites for hydroxylation is 1. The number of likely N-dealkylation sites (N-methyl/N-ethyl adjacent to an activating group) is 1. The van der Waals surface area contributed by atoms with Crippen molar-refractivity contribution in [1.29, 1.82) is 0 Å². The molecule has 0 saturated carbocycles. The molecule has 1 aliphatic rings. The molecule has 3 rings (SSSR count). The predicted molar refractivity (Wildman–Crippen MR) is 95.9 cm³/mol. The van der Waals surface area contributed by atoms with E-state index in [2.05, 4.69) is 26.6 Å². The number of nitrogens with one attached hydrogen (secondary N) is 1. The number of rotatable bonds is 4. The molecule has 1 saturated heterocycles. The Hall–Kier alpha value is -2.12. The highest BCUT2D eigenvalue weighted by atomic mass is 32.2. The summed E-state index contributed by atoms with van der Waals surface area (Å²) in [7, 11) is -1.50. The lowest BCUT2D eigenvalue weighted by molar-refractivity contribution is 0.313. The van der Waals surface area contributed by atoms with Gasteiger partial charge >= 0.3 is 0 Å². The summed E-state index contributed by atoms with van der Waals surface area (Å²) in [6.45, 7) is 5.80. The smallest absolute Gasteiger partial charge is 0.263 e. The molecule has 2 aromatic rings. The number of nitrogens with zero attached hydrogens (tertiary/aromatic N) is 3. The summed E-state index contributed by atoms with van der Waals surface area (Å²) in [6.07, 6.45) is 1.72. The summed E-state index contributed by atoms with van der Waals surface area (Å²) in [5, 5.41) is 0.